The standard InChI is InChI=1S/C17H24N2O2/c1-2-18-14(13-8-4-3-5-9-13)12-19-15-10-6-7-11-16(15)21-17(19)20/h6-7,10-11,13-14,18H,2-5,8-9,12H2,1H3. The van der Waals surface area contributed by atoms with Gasteiger partial charge in [-0.3, -0.25) is 4.57 Å². The second-order valence-corrected chi connectivity index (χ2v) is 6.01. The lowest BCUT2D eigenvalue weighted by molar-refractivity contribution is 0.248. The molecule has 4 nitrogen and oxygen atoms in total. The zero-order chi connectivity index (χ0) is 14.7. The summed E-state index contributed by atoms with van der Waals surface area (Å²) < 4.78 is 7.13. The van der Waals surface area contributed by atoms with Gasteiger partial charge in [0.1, 0.15) is 0 Å². The number of hydrogen-bond acceptors (Lipinski definition) is 3. The minimum atomic E-state index is -0.241. The minimum Gasteiger partial charge on any atom is -0.408 e. The van der Waals surface area contributed by atoms with Crippen molar-refractivity contribution >= 4 is 11.1 Å². The van der Waals surface area contributed by atoms with E-state index in [1.165, 1.54) is 32.1 Å². The van der Waals surface area contributed by atoms with Gasteiger partial charge in [-0.2, -0.15) is 0 Å². The van der Waals surface area contributed by atoms with E-state index in [0.29, 0.717) is 24.1 Å². The van der Waals surface area contributed by atoms with E-state index in [1.54, 1.807) is 4.57 Å². The second kappa shape index (κ2) is 6.48. The first-order valence-corrected chi connectivity index (χ1v) is 8.11. The van der Waals surface area contributed by atoms with Crippen molar-refractivity contribution in [3.8, 4) is 0 Å². The lowest BCUT2D eigenvalue weighted by atomic mass is 9.83. The fourth-order valence-corrected chi connectivity index (χ4v) is 3.56. The van der Waals surface area contributed by atoms with Crippen molar-refractivity contribution in [1.82, 2.24) is 9.88 Å². The topological polar surface area (TPSA) is 47.2 Å². The van der Waals surface area contributed by atoms with Crippen LogP contribution in [0.1, 0.15) is 39.0 Å². The molecule has 0 amide bonds. The third-order valence-corrected chi connectivity index (χ3v) is 4.64. The predicted octanol–water partition coefficient (Wildman–Crippen LogP) is 3.15. The molecular weight excluding hydrogens is 264 g/mol. The van der Waals surface area contributed by atoms with Gasteiger partial charge in [0.15, 0.2) is 5.58 Å². The van der Waals surface area contributed by atoms with E-state index >= 15 is 0 Å². The Balaban J connectivity index is 1.86. The quantitative estimate of drug-likeness (QED) is 0.919. The van der Waals surface area contributed by atoms with Crippen LogP contribution < -0.4 is 11.1 Å². The van der Waals surface area contributed by atoms with Gasteiger partial charge < -0.3 is 9.73 Å². The molecule has 21 heavy (non-hydrogen) atoms. The third kappa shape index (κ3) is 3.05. The average Bonchev–Trinajstić information content (AvgIpc) is 2.84. The second-order valence-electron chi connectivity index (χ2n) is 6.01. The Kier molecular flexibility index (Phi) is 4.44. The lowest BCUT2D eigenvalue weighted by Gasteiger charge is -2.31. The molecule has 4 heteroatoms. The molecular formula is C17H24N2O2. The molecule has 1 atom stereocenters. The summed E-state index contributed by atoms with van der Waals surface area (Å²) in [6, 6.07) is 8.03. The van der Waals surface area contributed by atoms with Gasteiger partial charge in [-0.25, -0.2) is 4.79 Å². The maximum absolute atomic E-state index is 12.1. The highest BCUT2D eigenvalue weighted by atomic mass is 16.4. The smallest absolute Gasteiger partial charge is 0.408 e. The fraction of sp³-hybridized carbons (Fsp3) is 0.588. The van der Waals surface area contributed by atoms with Crippen LogP contribution in [0.25, 0.3) is 11.1 Å². The molecule has 0 radical (unpaired) electrons. The Bertz CT molecular complexity index is 638. The van der Waals surface area contributed by atoms with Crippen LogP contribution in [0, 0.1) is 5.92 Å². The van der Waals surface area contributed by atoms with E-state index in [2.05, 4.69) is 12.2 Å². The molecule has 1 unspecified atom stereocenters. The lowest BCUT2D eigenvalue weighted by Crippen LogP contribution is -2.42. The van der Waals surface area contributed by atoms with Gasteiger partial charge in [-0.15, -0.1) is 0 Å². The van der Waals surface area contributed by atoms with Crippen LogP contribution in [0.2, 0.25) is 0 Å². The molecule has 3 rings (SSSR count). The molecule has 2 aromatic rings. The highest BCUT2D eigenvalue weighted by molar-refractivity contribution is 5.72. The highest BCUT2D eigenvalue weighted by Crippen LogP contribution is 2.27. The molecule has 1 N–H and O–H groups in total. The molecule has 1 saturated carbocycles. The molecule has 1 aliphatic carbocycles. The highest BCUT2D eigenvalue weighted by Gasteiger charge is 2.24. The number of benzene rings is 1. The van der Waals surface area contributed by atoms with Crippen molar-refractivity contribution in [3.05, 3.63) is 34.8 Å². The Hall–Kier alpha value is -1.55. The normalized spacial score (nSPS) is 18.1. The van der Waals surface area contributed by atoms with Crippen LogP contribution >= 0.6 is 0 Å². The molecule has 1 aromatic heterocycles. The van der Waals surface area contributed by atoms with Gasteiger partial charge >= 0.3 is 5.76 Å². The molecule has 0 bridgehead atoms. The number of oxazole rings is 1. The number of fused-ring (bicyclic) bond motifs is 1. The number of aromatic nitrogens is 1. The van der Waals surface area contributed by atoms with Gasteiger partial charge in [-0.1, -0.05) is 38.3 Å². The molecule has 114 valence electrons. The Morgan fingerprint density at radius 1 is 1.29 bits per heavy atom. The molecule has 1 aliphatic rings. The van der Waals surface area contributed by atoms with Crippen molar-refractivity contribution < 1.29 is 4.42 Å². The van der Waals surface area contributed by atoms with Crippen LogP contribution in [-0.4, -0.2) is 17.2 Å². The van der Waals surface area contributed by atoms with Gasteiger partial charge in [0, 0.05) is 12.6 Å². The first-order chi connectivity index (χ1) is 10.3. The molecule has 1 aromatic carbocycles. The zero-order valence-electron chi connectivity index (χ0n) is 12.7. The zero-order valence-corrected chi connectivity index (χ0v) is 12.7. The summed E-state index contributed by atoms with van der Waals surface area (Å²) in [7, 11) is 0. The summed E-state index contributed by atoms with van der Waals surface area (Å²) in [6.07, 6.45) is 6.51. The van der Waals surface area contributed by atoms with E-state index in [9.17, 15) is 4.79 Å². The number of likely N-dealkylation sites (N-methyl/N-ethyl adjacent to an activating group) is 1. The van der Waals surface area contributed by atoms with Gasteiger partial charge in [-0.05, 0) is 37.4 Å². The van der Waals surface area contributed by atoms with Crippen molar-refractivity contribution in [2.75, 3.05) is 6.54 Å². The molecule has 1 heterocycles. The Morgan fingerprint density at radius 2 is 2.05 bits per heavy atom. The monoisotopic (exact) mass is 288 g/mol. The molecule has 0 aliphatic heterocycles. The van der Waals surface area contributed by atoms with E-state index in [0.717, 1.165) is 12.1 Å². The predicted molar refractivity (Wildman–Crippen MR) is 84.5 cm³/mol. The Morgan fingerprint density at radius 3 is 2.81 bits per heavy atom. The van der Waals surface area contributed by atoms with Crippen molar-refractivity contribution in [1.29, 1.82) is 0 Å². The van der Waals surface area contributed by atoms with Crippen LogP contribution in [0.4, 0.5) is 0 Å². The van der Waals surface area contributed by atoms with E-state index in [-0.39, 0.29) is 5.76 Å². The minimum absolute atomic E-state index is 0.241. The SMILES string of the molecule is CCNC(Cn1c(=O)oc2ccccc21)C1CCCCC1. The number of nitrogens with zero attached hydrogens (tertiary/aromatic N) is 1. The van der Waals surface area contributed by atoms with E-state index < -0.39 is 0 Å². The van der Waals surface area contributed by atoms with E-state index in [1.807, 2.05) is 24.3 Å². The van der Waals surface area contributed by atoms with Crippen LogP contribution in [0.15, 0.2) is 33.5 Å². The van der Waals surface area contributed by atoms with Gasteiger partial charge in [0.2, 0.25) is 0 Å². The average molecular weight is 288 g/mol. The Labute approximate surface area is 125 Å². The maximum Gasteiger partial charge on any atom is 0.420 e. The summed E-state index contributed by atoms with van der Waals surface area (Å²) in [5.41, 5.74) is 1.59. The summed E-state index contributed by atoms with van der Waals surface area (Å²) >= 11 is 0. The number of nitrogens with one attached hydrogen (secondary N) is 1. The third-order valence-electron chi connectivity index (χ3n) is 4.64. The van der Waals surface area contributed by atoms with Crippen LogP contribution in [-0.2, 0) is 6.54 Å². The number of hydrogen-bond donors (Lipinski definition) is 1. The first-order valence-electron chi connectivity index (χ1n) is 8.11. The largest absolute Gasteiger partial charge is 0.420 e. The number of para-hydroxylation sites is 2. The molecule has 0 spiro atoms. The maximum atomic E-state index is 12.1. The van der Waals surface area contributed by atoms with Crippen LogP contribution in [0.5, 0.6) is 0 Å². The van der Waals surface area contributed by atoms with Gasteiger partial charge in [0.05, 0.1) is 5.52 Å². The fourth-order valence-electron chi connectivity index (χ4n) is 3.56. The van der Waals surface area contributed by atoms with Crippen molar-refractivity contribution in [2.24, 2.45) is 5.92 Å². The molecule has 0 saturated heterocycles. The van der Waals surface area contributed by atoms with Crippen molar-refractivity contribution in [3.63, 3.8) is 0 Å². The number of rotatable bonds is 5. The summed E-state index contributed by atoms with van der Waals surface area (Å²) in [6.45, 7) is 3.77. The van der Waals surface area contributed by atoms with Gasteiger partial charge in [0.25, 0.3) is 0 Å². The van der Waals surface area contributed by atoms with Crippen molar-refractivity contribution in [2.45, 2.75) is 51.6 Å². The van der Waals surface area contributed by atoms with Crippen LogP contribution in [0.3, 0.4) is 0 Å². The summed E-state index contributed by atoms with van der Waals surface area (Å²) in [5.74, 6) is 0.425. The molecule has 1 fully saturated rings. The first kappa shape index (κ1) is 14.4. The summed E-state index contributed by atoms with van der Waals surface area (Å²) in [4.78, 5) is 12.1. The van der Waals surface area contributed by atoms with E-state index in [4.69, 9.17) is 4.42 Å². The summed E-state index contributed by atoms with van der Waals surface area (Å²) in [5, 5.41) is 3.58.